The molecule has 0 bridgehead atoms. The van der Waals surface area contributed by atoms with E-state index in [1.54, 1.807) is 12.1 Å². The van der Waals surface area contributed by atoms with Crippen molar-refractivity contribution in [3.63, 3.8) is 0 Å². The van der Waals surface area contributed by atoms with Crippen LogP contribution in [0, 0.1) is 5.92 Å². The average molecular weight is 659 g/mol. The van der Waals surface area contributed by atoms with Crippen molar-refractivity contribution in [1.82, 2.24) is 0 Å². The molecule has 3 aromatic rings. The van der Waals surface area contributed by atoms with Crippen LogP contribution in [0.3, 0.4) is 0 Å². The molecule has 4 rings (SSSR count). The number of nitrogens with one attached hydrogen (secondary N) is 2. The quantitative estimate of drug-likeness (QED) is 0.252. The highest BCUT2D eigenvalue weighted by molar-refractivity contribution is 7.85. The summed E-state index contributed by atoms with van der Waals surface area (Å²) < 4.78 is 47.9. The molecule has 0 spiro atoms. The molecule has 2 amide bonds. The van der Waals surface area contributed by atoms with E-state index < -0.39 is 50.7 Å². The third-order valence-electron chi connectivity index (χ3n) is 5.73. The molecule has 3 atom stereocenters. The Morgan fingerprint density at radius 3 is 2.05 bits per heavy atom. The zero-order valence-electron chi connectivity index (χ0n) is 19.3. The topological polar surface area (TPSA) is 75.3 Å². The van der Waals surface area contributed by atoms with Gasteiger partial charge in [0.25, 0.3) is 5.91 Å². The number of anilines is 2. The molecule has 0 radical (unpaired) electrons. The van der Waals surface area contributed by atoms with Gasteiger partial charge in [-0.15, -0.1) is 23.2 Å². The number of carbonyl (C=O) groups excluding carboxylic acids is 2. The van der Waals surface area contributed by atoms with Gasteiger partial charge < -0.3 is 10.6 Å². The fourth-order valence-corrected chi connectivity index (χ4v) is 6.42. The molecule has 2 N–H and O–H groups in total. The second-order valence-corrected chi connectivity index (χ2v) is 12.8. The van der Waals surface area contributed by atoms with Crippen LogP contribution in [0.1, 0.15) is 21.8 Å². The number of halogens is 8. The van der Waals surface area contributed by atoms with Gasteiger partial charge in [-0.05, 0) is 66.2 Å². The van der Waals surface area contributed by atoms with Gasteiger partial charge in [0.15, 0.2) is 0 Å². The number of amides is 2. The first kappa shape index (κ1) is 30.0. The van der Waals surface area contributed by atoms with E-state index in [1.807, 2.05) is 0 Å². The van der Waals surface area contributed by atoms with Crippen LogP contribution >= 0.6 is 58.0 Å². The summed E-state index contributed by atoms with van der Waals surface area (Å²) in [6.45, 7) is 0. The summed E-state index contributed by atoms with van der Waals surface area (Å²) in [6.07, 6.45) is -4.58. The van der Waals surface area contributed by atoms with Crippen LogP contribution in [-0.2, 0) is 15.6 Å². The van der Waals surface area contributed by atoms with Crippen molar-refractivity contribution in [2.24, 2.45) is 5.92 Å². The van der Waals surface area contributed by atoms with Crippen LogP contribution in [0.4, 0.5) is 24.5 Å². The summed E-state index contributed by atoms with van der Waals surface area (Å²) in [5.41, 5.74) is 1.08. The predicted molar refractivity (Wildman–Crippen MR) is 149 cm³/mol. The van der Waals surface area contributed by atoms with Crippen molar-refractivity contribution in [3.8, 4) is 0 Å². The van der Waals surface area contributed by atoms with Crippen molar-refractivity contribution >= 4 is 92.0 Å². The van der Waals surface area contributed by atoms with Crippen LogP contribution in [-0.4, -0.2) is 32.3 Å². The Labute approximate surface area is 248 Å². The van der Waals surface area contributed by atoms with E-state index >= 15 is 0 Å². The third-order valence-corrected chi connectivity index (χ3v) is 8.82. The molecule has 0 saturated heterocycles. The number of hydrogen-bond acceptors (Lipinski definition) is 3. The van der Waals surface area contributed by atoms with Crippen LogP contribution in [0.25, 0.3) is 0 Å². The molecule has 0 aliphatic heterocycles. The van der Waals surface area contributed by atoms with E-state index in [2.05, 4.69) is 10.6 Å². The van der Waals surface area contributed by atoms with E-state index in [1.165, 1.54) is 48.5 Å². The Bertz CT molecular complexity index is 1450. The number of hydrogen-bond donors (Lipinski definition) is 2. The Morgan fingerprint density at radius 2 is 1.46 bits per heavy atom. The molecule has 1 aliphatic carbocycles. The van der Waals surface area contributed by atoms with Gasteiger partial charge in [0, 0.05) is 32.2 Å². The van der Waals surface area contributed by atoms with E-state index in [-0.39, 0.29) is 26.9 Å². The van der Waals surface area contributed by atoms with Crippen molar-refractivity contribution < 1.29 is 27.0 Å². The molecule has 3 aromatic carbocycles. The van der Waals surface area contributed by atoms with Crippen molar-refractivity contribution in [3.05, 3.63) is 86.9 Å². The average Bonchev–Trinajstić information content (AvgIpc) is 3.41. The van der Waals surface area contributed by atoms with Crippen LogP contribution in [0.2, 0.25) is 15.1 Å². The van der Waals surface area contributed by atoms with Crippen LogP contribution in [0.5, 0.6) is 0 Å². The first-order valence-corrected chi connectivity index (χ1v) is 14.2. The van der Waals surface area contributed by atoms with E-state index in [0.29, 0.717) is 15.6 Å². The maximum atomic E-state index is 13.0. The zero-order chi connectivity index (χ0) is 28.7. The molecule has 14 heteroatoms. The monoisotopic (exact) mass is 656 g/mol. The van der Waals surface area contributed by atoms with E-state index in [9.17, 15) is 27.0 Å². The fraction of sp³-hybridized carbons (Fsp3) is 0.200. The molecule has 5 nitrogen and oxygen atoms in total. The SMILES string of the molecule is O=C(Nc1ccc(S(=O)CC(F)(F)F)cc1)c1cc(NC(=O)[C@H]2[C@H](c3cc(Cl)cc(Cl)c3)C2(Cl)Cl)ccc1Cl. The summed E-state index contributed by atoms with van der Waals surface area (Å²) in [5.74, 6) is -4.03. The van der Waals surface area contributed by atoms with Gasteiger partial charge in [-0.2, -0.15) is 13.2 Å². The predicted octanol–water partition coefficient (Wildman–Crippen LogP) is 8.10. The number of carbonyl (C=O) groups is 2. The lowest BCUT2D eigenvalue weighted by Crippen LogP contribution is -2.19. The number of alkyl halides is 5. The summed E-state index contributed by atoms with van der Waals surface area (Å²) in [6, 6.07) is 14.1. The lowest BCUT2D eigenvalue weighted by molar-refractivity contribution is -0.117. The lowest BCUT2D eigenvalue weighted by atomic mass is 10.1. The Morgan fingerprint density at radius 1 is 0.872 bits per heavy atom. The largest absolute Gasteiger partial charge is 0.400 e. The molecule has 206 valence electrons. The van der Waals surface area contributed by atoms with Gasteiger partial charge in [-0.1, -0.05) is 34.8 Å². The van der Waals surface area contributed by atoms with Crippen molar-refractivity contribution in [1.29, 1.82) is 0 Å². The highest BCUT2D eigenvalue weighted by atomic mass is 35.5. The number of benzene rings is 3. The molecule has 1 fully saturated rings. The Kier molecular flexibility index (Phi) is 8.81. The van der Waals surface area contributed by atoms with Crippen LogP contribution in [0.15, 0.2) is 65.6 Å². The first-order chi connectivity index (χ1) is 18.2. The van der Waals surface area contributed by atoms with Gasteiger partial charge in [-0.3, -0.25) is 13.8 Å². The normalized spacial score (nSPS) is 18.8. The van der Waals surface area contributed by atoms with Crippen molar-refractivity contribution in [2.75, 3.05) is 16.4 Å². The minimum atomic E-state index is -4.58. The van der Waals surface area contributed by atoms with Gasteiger partial charge in [0.05, 0.1) is 27.3 Å². The Hall–Kier alpha value is -2.01. The van der Waals surface area contributed by atoms with E-state index in [0.717, 1.165) is 0 Å². The minimum Gasteiger partial charge on any atom is -0.326 e. The second-order valence-electron chi connectivity index (χ2n) is 8.60. The summed E-state index contributed by atoms with van der Waals surface area (Å²) >= 11 is 31.1. The van der Waals surface area contributed by atoms with Gasteiger partial charge >= 0.3 is 6.18 Å². The molecule has 1 unspecified atom stereocenters. The highest BCUT2D eigenvalue weighted by Gasteiger charge is 2.67. The maximum absolute atomic E-state index is 13.0. The van der Waals surface area contributed by atoms with Gasteiger partial charge in [0.2, 0.25) is 5.91 Å². The number of rotatable bonds is 7. The Balaban J connectivity index is 1.45. The molecule has 1 saturated carbocycles. The van der Waals surface area contributed by atoms with E-state index in [4.69, 9.17) is 58.0 Å². The first-order valence-electron chi connectivity index (χ1n) is 11.0. The second kappa shape index (κ2) is 11.5. The molecule has 0 heterocycles. The summed E-state index contributed by atoms with van der Waals surface area (Å²) in [4.78, 5) is 25.8. The zero-order valence-corrected chi connectivity index (χ0v) is 23.9. The molecule has 0 aromatic heterocycles. The van der Waals surface area contributed by atoms with Gasteiger partial charge in [-0.25, -0.2) is 0 Å². The molecular weight excluding hydrogens is 643 g/mol. The standard InChI is InChI=1S/C25H16Cl5F3N2O3S/c26-13-7-12(8-14(27)9-13)20-21(25(20,29)30)23(37)35-16-3-6-19(28)18(10-16)22(36)34-15-1-4-17(5-2-15)39(38)11-24(31,32)33/h1-10,20-21H,11H2,(H,34,36)(H,35,37)/t20-,21+,39?/m0/s1. The third kappa shape index (κ3) is 7.20. The smallest absolute Gasteiger partial charge is 0.326 e. The van der Waals surface area contributed by atoms with Gasteiger partial charge in [0.1, 0.15) is 10.1 Å². The fourth-order valence-electron chi connectivity index (χ4n) is 3.94. The maximum Gasteiger partial charge on any atom is 0.400 e. The summed E-state index contributed by atoms with van der Waals surface area (Å²) in [7, 11) is -2.28. The lowest BCUT2D eigenvalue weighted by Gasteiger charge is -2.11. The molecule has 39 heavy (non-hydrogen) atoms. The molecule has 1 aliphatic rings. The summed E-state index contributed by atoms with van der Waals surface area (Å²) in [5, 5.41) is 6.04. The molecular formula is C25H16Cl5F3N2O3S. The minimum absolute atomic E-state index is 0.0103. The highest BCUT2D eigenvalue weighted by Crippen LogP contribution is 2.65. The van der Waals surface area contributed by atoms with Crippen LogP contribution < -0.4 is 10.6 Å². The van der Waals surface area contributed by atoms with Crippen molar-refractivity contribution in [2.45, 2.75) is 21.3 Å².